The van der Waals surface area contributed by atoms with E-state index >= 15 is 0 Å². The number of H-pyrrole nitrogens is 1. The summed E-state index contributed by atoms with van der Waals surface area (Å²) >= 11 is 12.5. The third-order valence-electron chi connectivity index (χ3n) is 10.3. The molecule has 2 aliphatic heterocycles. The number of nitrogens with one attached hydrogen (secondary N) is 2. The van der Waals surface area contributed by atoms with Crippen molar-refractivity contribution in [2.24, 2.45) is 5.41 Å². The summed E-state index contributed by atoms with van der Waals surface area (Å²) in [6.45, 7) is 9.44. The van der Waals surface area contributed by atoms with E-state index in [2.05, 4.69) is 50.5 Å². The number of nitrogens with zero attached hydrogens (tertiary/aromatic N) is 4. The van der Waals surface area contributed by atoms with Gasteiger partial charge in [0.15, 0.2) is 0 Å². The second kappa shape index (κ2) is 17.0. The minimum atomic E-state index is -4.37. The number of aromatic nitrogens is 2. The van der Waals surface area contributed by atoms with Crippen molar-refractivity contribution in [2.75, 3.05) is 64.5 Å². The van der Waals surface area contributed by atoms with Gasteiger partial charge < -0.3 is 19.4 Å². The SMILES string of the molecule is COCCON1C=C(S(=O)(=O)NC(=O)c2ccc(N3CCN(CC4=C(c5ccc(Cl)cc5)CC(C)(C)CC4)CC3)cc2Oc2cnc3[nH]ccc3c2)C=C(Cl)C1. The van der Waals surface area contributed by atoms with Crippen LogP contribution in [0.25, 0.3) is 16.6 Å². The molecule has 56 heavy (non-hydrogen) atoms. The molecule has 0 bridgehead atoms. The van der Waals surface area contributed by atoms with Gasteiger partial charge in [-0.2, -0.15) is 0 Å². The number of ether oxygens (including phenoxy) is 2. The zero-order chi connectivity index (χ0) is 39.5. The first-order valence-corrected chi connectivity index (χ1v) is 20.8. The van der Waals surface area contributed by atoms with Crippen LogP contribution >= 0.6 is 23.2 Å². The van der Waals surface area contributed by atoms with Crippen LogP contribution in [-0.2, 0) is 19.6 Å². The minimum Gasteiger partial charge on any atom is -0.455 e. The molecule has 0 unspecified atom stereocenters. The zero-order valence-electron chi connectivity index (χ0n) is 31.7. The number of fused-ring (bicyclic) bond motifs is 1. The number of sulfonamides is 1. The zero-order valence-corrected chi connectivity index (χ0v) is 34.0. The summed E-state index contributed by atoms with van der Waals surface area (Å²) in [7, 11) is -2.84. The number of anilines is 1. The fraction of sp³-hybridized carbons (Fsp3) is 0.366. The number of pyridine rings is 1. The number of methoxy groups -OCH3 is 1. The second-order valence-electron chi connectivity index (χ2n) is 15.0. The summed E-state index contributed by atoms with van der Waals surface area (Å²) in [5.74, 6) is -0.284. The lowest BCUT2D eigenvalue weighted by Crippen LogP contribution is -2.47. The third-order valence-corrected chi connectivity index (χ3v) is 12.1. The molecule has 1 saturated heterocycles. The Morgan fingerprint density at radius 3 is 2.57 bits per heavy atom. The third kappa shape index (κ3) is 9.59. The van der Waals surface area contributed by atoms with E-state index in [4.69, 9.17) is 37.5 Å². The summed E-state index contributed by atoms with van der Waals surface area (Å²) in [6, 6.07) is 17.1. The lowest BCUT2D eigenvalue weighted by atomic mass is 9.72. The van der Waals surface area contributed by atoms with Crippen LogP contribution in [0.5, 0.6) is 11.5 Å². The molecule has 7 rings (SSSR count). The molecule has 2 aromatic carbocycles. The predicted molar refractivity (Wildman–Crippen MR) is 220 cm³/mol. The van der Waals surface area contributed by atoms with Crippen LogP contribution in [0, 0.1) is 5.41 Å². The maximum absolute atomic E-state index is 13.8. The van der Waals surface area contributed by atoms with E-state index < -0.39 is 15.9 Å². The average molecular weight is 822 g/mol. The van der Waals surface area contributed by atoms with Crippen molar-refractivity contribution in [1.29, 1.82) is 0 Å². The number of rotatable bonds is 13. The van der Waals surface area contributed by atoms with E-state index in [1.54, 1.807) is 30.6 Å². The Labute approximate surface area is 337 Å². The summed E-state index contributed by atoms with van der Waals surface area (Å²) in [6.07, 6.45) is 9.15. The van der Waals surface area contributed by atoms with Gasteiger partial charge in [0.05, 0.1) is 31.5 Å². The van der Waals surface area contributed by atoms with Crippen molar-refractivity contribution in [3.63, 3.8) is 0 Å². The Morgan fingerprint density at radius 1 is 1.02 bits per heavy atom. The monoisotopic (exact) mass is 820 g/mol. The molecule has 1 amide bonds. The lowest BCUT2D eigenvalue weighted by molar-refractivity contribution is -0.126. The van der Waals surface area contributed by atoms with Gasteiger partial charge >= 0.3 is 0 Å². The number of halogens is 2. The number of amides is 1. The lowest BCUT2D eigenvalue weighted by Gasteiger charge is -2.39. The normalized spacial score (nSPS) is 17.9. The number of carbonyl (C=O) groups excluding carboxylic acids is 1. The maximum Gasteiger partial charge on any atom is 0.268 e. The van der Waals surface area contributed by atoms with Crippen LogP contribution in [-0.4, -0.2) is 93.8 Å². The number of hydrogen-bond donors (Lipinski definition) is 2. The predicted octanol–water partition coefficient (Wildman–Crippen LogP) is 7.71. The van der Waals surface area contributed by atoms with E-state index in [0.29, 0.717) is 18.0 Å². The van der Waals surface area contributed by atoms with Crippen molar-refractivity contribution in [3.05, 3.63) is 111 Å². The van der Waals surface area contributed by atoms with Crippen molar-refractivity contribution in [2.45, 2.75) is 33.1 Å². The Hall–Kier alpha value is -4.37. The van der Waals surface area contributed by atoms with Gasteiger partial charge in [-0.1, -0.05) is 54.8 Å². The van der Waals surface area contributed by atoms with Crippen LogP contribution in [0.3, 0.4) is 0 Å². The van der Waals surface area contributed by atoms with Gasteiger partial charge in [-0.3, -0.25) is 19.6 Å². The standard InChI is InChI=1S/C41H46Cl2N6O6S/c1-41(2)12-10-30(37(23-41)28-4-6-31(42)7-5-28)25-47-14-16-48(17-15-47)33-8-9-36(38(22-33)55-34-20-29-11-13-44-39(29)45-24-34)40(50)46-56(51,52)35-21-32(43)26-49(27-35)54-19-18-53-3/h4-9,11,13,20-22,24,27H,10,12,14-19,23,25-26H2,1-3H3,(H,44,45)(H,46,50). The topological polar surface area (TPSA) is 129 Å². The van der Waals surface area contributed by atoms with Crippen LogP contribution < -0.4 is 14.4 Å². The maximum atomic E-state index is 13.8. The highest BCUT2D eigenvalue weighted by atomic mass is 35.5. The van der Waals surface area contributed by atoms with Crippen molar-refractivity contribution in [3.8, 4) is 11.5 Å². The van der Waals surface area contributed by atoms with Gasteiger partial charge in [-0.05, 0) is 78.3 Å². The molecule has 296 valence electrons. The first kappa shape index (κ1) is 39.8. The summed E-state index contributed by atoms with van der Waals surface area (Å²) in [5.41, 5.74) is 5.98. The molecule has 0 radical (unpaired) electrons. The molecule has 0 atom stereocenters. The van der Waals surface area contributed by atoms with Crippen molar-refractivity contribution < 1.29 is 27.5 Å². The molecule has 4 heterocycles. The molecule has 4 aromatic rings. The Balaban J connectivity index is 1.10. The number of hydroxylamine groups is 2. The number of benzene rings is 2. The van der Waals surface area contributed by atoms with E-state index in [1.807, 2.05) is 24.3 Å². The van der Waals surface area contributed by atoms with Gasteiger partial charge in [0.2, 0.25) is 0 Å². The number of carbonyl (C=O) groups is 1. The van der Waals surface area contributed by atoms with Crippen molar-refractivity contribution >= 4 is 61.4 Å². The van der Waals surface area contributed by atoms with Gasteiger partial charge in [0.1, 0.15) is 22.1 Å². The summed E-state index contributed by atoms with van der Waals surface area (Å²) < 4.78 is 40.6. The highest BCUT2D eigenvalue weighted by Crippen LogP contribution is 2.43. The number of aromatic amines is 1. The van der Waals surface area contributed by atoms with Gasteiger partial charge in [0.25, 0.3) is 15.9 Å². The summed E-state index contributed by atoms with van der Waals surface area (Å²) in [4.78, 5) is 31.4. The molecule has 0 spiro atoms. The second-order valence-corrected chi connectivity index (χ2v) is 17.6. The molecular formula is C41H46Cl2N6O6S. The van der Waals surface area contributed by atoms with E-state index in [0.717, 1.165) is 68.1 Å². The van der Waals surface area contributed by atoms with Crippen molar-refractivity contribution in [1.82, 2.24) is 24.7 Å². The highest BCUT2D eigenvalue weighted by molar-refractivity contribution is 7.94. The average Bonchev–Trinajstić information content (AvgIpc) is 3.64. The van der Waals surface area contributed by atoms with Crippen LogP contribution in [0.2, 0.25) is 5.02 Å². The Bertz CT molecular complexity index is 2280. The minimum absolute atomic E-state index is 0.0340. The van der Waals surface area contributed by atoms with E-state index in [-0.39, 0.29) is 39.8 Å². The molecular weight excluding hydrogens is 775 g/mol. The summed E-state index contributed by atoms with van der Waals surface area (Å²) in [5, 5.41) is 3.08. The molecule has 2 aromatic heterocycles. The van der Waals surface area contributed by atoms with Gasteiger partial charge in [-0.15, -0.1) is 0 Å². The Morgan fingerprint density at radius 2 is 1.80 bits per heavy atom. The van der Waals surface area contributed by atoms with Gasteiger partial charge in [0, 0.05) is 79.4 Å². The number of hydrogen-bond acceptors (Lipinski definition) is 10. The fourth-order valence-corrected chi connectivity index (χ4v) is 8.71. The first-order valence-electron chi connectivity index (χ1n) is 18.6. The van der Waals surface area contributed by atoms with Crippen LogP contribution in [0.15, 0.2) is 94.8 Å². The Kier molecular flexibility index (Phi) is 12.1. The van der Waals surface area contributed by atoms with Gasteiger partial charge in [-0.25, -0.2) is 18.1 Å². The molecule has 0 saturated carbocycles. The van der Waals surface area contributed by atoms with Crippen LogP contribution in [0.1, 0.15) is 49.0 Å². The number of allylic oxidation sites excluding steroid dienone is 2. The molecule has 1 fully saturated rings. The smallest absolute Gasteiger partial charge is 0.268 e. The highest BCUT2D eigenvalue weighted by Gasteiger charge is 2.30. The first-order chi connectivity index (χ1) is 26.9. The largest absolute Gasteiger partial charge is 0.455 e. The van der Waals surface area contributed by atoms with E-state index in [9.17, 15) is 13.2 Å². The molecule has 12 nitrogen and oxygen atoms in total. The van der Waals surface area contributed by atoms with Crippen LogP contribution in [0.4, 0.5) is 5.69 Å². The quantitative estimate of drug-likeness (QED) is 0.130. The molecule has 1 aliphatic carbocycles. The molecule has 3 aliphatic rings. The van der Waals surface area contributed by atoms with E-state index in [1.165, 1.54) is 41.2 Å². The molecule has 2 N–H and O–H groups in total. The fourth-order valence-electron chi connectivity index (χ4n) is 7.26. The number of piperazine rings is 1. The molecule has 15 heteroatoms.